The molecule has 1 rings (SSSR count). The van der Waals surface area contributed by atoms with Gasteiger partial charge in [0.2, 0.25) is 15.8 Å². The fraction of sp³-hybridized carbons (Fsp3) is 0.214. The SMILES string of the molecule is C/C(N)=C(/C#N)C(=O)COC(=O)CNS(=O)(=O)c1ccc(N)c([N+](=O)[O-])c1. The molecule has 0 bridgehead atoms. The number of benzene rings is 1. The van der Waals surface area contributed by atoms with Gasteiger partial charge in [0.05, 0.1) is 9.82 Å². The number of nitrogens with zero attached hydrogens (tertiary/aromatic N) is 2. The second kappa shape index (κ2) is 8.74. The maximum absolute atomic E-state index is 12.1. The molecule has 0 heterocycles. The van der Waals surface area contributed by atoms with E-state index in [1.807, 2.05) is 4.72 Å². The summed E-state index contributed by atoms with van der Waals surface area (Å²) in [5, 5.41) is 19.6. The van der Waals surface area contributed by atoms with Crippen LogP contribution >= 0.6 is 0 Å². The number of Topliss-reactive ketones (excluding diaryl/α,β-unsaturated/α-hetero) is 1. The van der Waals surface area contributed by atoms with Crippen LogP contribution in [0, 0.1) is 21.4 Å². The number of ketones is 1. The molecule has 5 N–H and O–H groups in total. The average molecular weight is 397 g/mol. The lowest BCUT2D eigenvalue weighted by atomic mass is 10.1. The third-order valence-corrected chi connectivity index (χ3v) is 4.46. The van der Waals surface area contributed by atoms with Crippen molar-refractivity contribution >= 4 is 33.2 Å². The van der Waals surface area contributed by atoms with Crippen molar-refractivity contribution in [3.05, 3.63) is 39.6 Å². The fourth-order valence-electron chi connectivity index (χ4n) is 1.73. The van der Waals surface area contributed by atoms with Crippen molar-refractivity contribution in [3.63, 3.8) is 0 Å². The zero-order valence-corrected chi connectivity index (χ0v) is 14.8. The fourth-order valence-corrected chi connectivity index (χ4v) is 2.71. The van der Waals surface area contributed by atoms with Crippen LogP contribution in [0.2, 0.25) is 0 Å². The predicted octanol–water partition coefficient (Wildman–Crippen LogP) is -0.676. The van der Waals surface area contributed by atoms with E-state index in [4.69, 9.17) is 16.7 Å². The van der Waals surface area contributed by atoms with E-state index in [0.29, 0.717) is 0 Å². The smallest absolute Gasteiger partial charge is 0.321 e. The Morgan fingerprint density at radius 3 is 2.56 bits per heavy atom. The van der Waals surface area contributed by atoms with E-state index in [1.54, 1.807) is 6.07 Å². The molecule has 0 amide bonds. The molecule has 1 aromatic rings. The van der Waals surface area contributed by atoms with E-state index in [9.17, 15) is 28.1 Å². The highest BCUT2D eigenvalue weighted by Gasteiger charge is 2.22. The third-order valence-electron chi connectivity index (χ3n) is 3.06. The van der Waals surface area contributed by atoms with Crippen LogP contribution in [0.1, 0.15) is 6.92 Å². The second-order valence-electron chi connectivity index (χ2n) is 5.06. The Morgan fingerprint density at radius 2 is 2.04 bits per heavy atom. The molecule has 1 aromatic carbocycles. The van der Waals surface area contributed by atoms with Crippen LogP contribution in [-0.2, 0) is 24.3 Å². The van der Waals surface area contributed by atoms with Gasteiger partial charge in [-0.05, 0) is 19.1 Å². The van der Waals surface area contributed by atoms with Gasteiger partial charge in [-0.25, -0.2) is 8.42 Å². The first-order valence-electron chi connectivity index (χ1n) is 7.08. The first-order valence-corrected chi connectivity index (χ1v) is 8.56. The molecule has 0 aromatic heterocycles. The highest BCUT2D eigenvalue weighted by molar-refractivity contribution is 7.89. The lowest BCUT2D eigenvalue weighted by Gasteiger charge is -2.08. The van der Waals surface area contributed by atoms with Gasteiger partial charge < -0.3 is 16.2 Å². The first-order chi connectivity index (χ1) is 12.5. The van der Waals surface area contributed by atoms with Crippen LogP contribution in [0.4, 0.5) is 11.4 Å². The van der Waals surface area contributed by atoms with Crippen molar-refractivity contribution in [2.45, 2.75) is 11.8 Å². The Bertz CT molecular complexity index is 959. The molecule has 0 aliphatic rings. The number of nitrogens with two attached hydrogens (primary N) is 2. The molecule has 0 aliphatic carbocycles. The molecule has 0 fully saturated rings. The molecule has 0 atom stereocenters. The van der Waals surface area contributed by atoms with Gasteiger partial charge in [-0.3, -0.25) is 19.7 Å². The number of hydrogen-bond acceptors (Lipinski definition) is 10. The Labute approximate surface area is 153 Å². The molecular formula is C14H15N5O7S. The molecule has 0 radical (unpaired) electrons. The van der Waals surface area contributed by atoms with Crippen LogP contribution in [0.5, 0.6) is 0 Å². The molecular weight excluding hydrogens is 382 g/mol. The lowest BCUT2D eigenvalue weighted by Crippen LogP contribution is -2.31. The topological polar surface area (TPSA) is 209 Å². The Hall–Kier alpha value is -3.50. The second-order valence-corrected chi connectivity index (χ2v) is 6.82. The number of allylic oxidation sites excluding steroid dienone is 1. The van der Waals surface area contributed by atoms with Crippen molar-refractivity contribution in [3.8, 4) is 6.07 Å². The normalized spacial score (nSPS) is 11.9. The number of esters is 1. The Balaban J connectivity index is 2.75. The largest absolute Gasteiger partial charge is 0.456 e. The van der Waals surface area contributed by atoms with Crippen LogP contribution in [-0.4, -0.2) is 38.2 Å². The zero-order chi connectivity index (χ0) is 20.8. The van der Waals surface area contributed by atoms with Crippen molar-refractivity contribution in [1.29, 1.82) is 5.26 Å². The zero-order valence-electron chi connectivity index (χ0n) is 14.0. The number of rotatable bonds is 8. The van der Waals surface area contributed by atoms with Crippen LogP contribution in [0.25, 0.3) is 0 Å². The molecule has 13 heteroatoms. The van der Waals surface area contributed by atoms with Crippen LogP contribution in [0.3, 0.4) is 0 Å². The molecule has 12 nitrogen and oxygen atoms in total. The average Bonchev–Trinajstić information content (AvgIpc) is 2.58. The first kappa shape index (κ1) is 21.5. The molecule has 0 unspecified atom stereocenters. The molecule has 27 heavy (non-hydrogen) atoms. The highest BCUT2D eigenvalue weighted by atomic mass is 32.2. The number of nitro benzene ring substituents is 1. The summed E-state index contributed by atoms with van der Waals surface area (Å²) in [6.45, 7) is -0.329. The Morgan fingerprint density at radius 1 is 1.41 bits per heavy atom. The van der Waals surface area contributed by atoms with Gasteiger partial charge in [-0.15, -0.1) is 0 Å². The van der Waals surface area contributed by atoms with E-state index >= 15 is 0 Å². The molecule has 0 saturated heterocycles. The number of nitriles is 1. The summed E-state index contributed by atoms with van der Waals surface area (Å²) in [6.07, 6.45) is 0. The number of carbonyl (C=O) groups excluding carboxylic acids is 2. The van der Waals surface area contributed by atoms with Crippen LogP contribution in [0.15, 0.2) is 34.4 Å². The molecule has 144 valence electrons. The maximum atomic E-state index is 12.1. The number of nitro groups is 1. The number of sulfonamides is 1. The standard InChI is InChI=1S/C14H15N5O7S/c1-8(16)10(5-15)13(20)7-26-14(21)6-18-27(24,25)9-2-3-11(17)12(4-9)19(22)23/h2-4,18H,6-7,16-17H2,1H3/b10-8+. The summed E-state index contributed by atoms with van der Waals surface area (Å²) in [5.41, 5.74) is 9.44. The van der Waals surface area contributed by atoms with Crippen molar-refractivity contribution in [2.75, 3.05) is 18.9 Å². The predicted molar refractivity (Wildman–Crippen MR) is 91.2 cm³/mol. The lowest BCUT2D eigenvalue weighted by molar-refractivity contribution is -0.384. The van der Waals surface area contributed by atoms with E-state index < -0.39 is 50.4 Å². The number of anilines is 1. The van der Waals surface area contributed by atoms with Crippen molar-refractivity contribution < 1.29 is 27.7 Å². The van der Waals surface area contributed by atoms with Crippen molar-refractivity contribution in [2.24, 2.45) is 5.73 Å². The summed E-state index contributed by atoms with van der Waals surface area (Å²) in [7, 11) is -4.28. The van der Waals surface area contributed by atoms with Gasteiger partial charge in [0, 0.05) is 11.8 Å². The molecule has 0 aliphatic heterocycles. The minimum atomic E-state index is -4.28. The van der Waals surface area contributed by atoms with E-state index in [1.165, 1.54) is 6.92 Å². The van der Waals surface area contributed by atoms with Crippen LogP contribution < -0.4 is 16.2 Å². The Kier molecular flexibility index (Phi) is 6.97. The van der Waals surface area contributed by atoms with E-state index in [0.717, 1.165) is 18.2 Å². The highest BCUT2D eigenvalue weighted by Crippen LogP contribution is 2.24. The maximum Gasteiger partial charge on any atom is 0.321 e. The summed E-state index contributed by atoms with van der Waals surface area (Å²) < 4.78 is 30.6. The quantitative estimate of drug-likeness (QED) is 0.126. The van der Waals surface area contributed by atoms with E-state index in [2.05, 4.69) is 4.74 Å². The monoisotopic (exact) mass is 397 g/mol. The third kappa shape index (κ3) is 5.76. The number of carbonyl (C=O) groups is 2. The van der Waals surface area contributed by atoms with Gasteiger partial charge in [0.15, 0.2) is 6.61 Å². The summed E-state index contributed by atoms with van der Waals surface area (Å²) in [4.78, 5) is 32.7. The minimum Gasteiger partial charge on any atom is -0.456 e. The van der Waals surface area contributed by atoms with Gasteiger partial charge in [-0.1, -0.05) is 0 Å². The summed E-state index contributed by atoms with van der Waals surface area (Å²) in [6, 6.07) is 4.35. The number of hydrogen-bond donors (Lipinski definition) is 3. The van der Waals surface area contributed by atoms with Gasteiger partial charge in [0.1, 0.15) is 23.9 Å². The van der Waals surface area contributed by atoms with Gasteiger partial charge in [-0.2, -0.15) is 9.98 Å². The molecule has 0 saturated carbocycles. The molecule has 0 spiro atoms. The number of ether oxygens (including phenoxy) is 1. The van der Waals surface area contributed by atoms with Gasteiger partial charge >= 0.3 is 5.97 Å². The minimum absolute atomic E-state index is 0.0517. The number of nitrogens with one attached hydrogen (secondary N) is 1. The van der Waals surface area contributed by atoms with Gasteiger partial charge in [0.25, 0.3) is 5.69 Å². The van der Waals surface area contributed by atoms with E-state index in [-0.39, 0.29) is 17.0 Å². The van der Waals surface area contributed by atoms with Crippen molar-refractivity contribution in [1.82, 2.24) is 4.72 Å². The summed E-state index contributed by atoms with van der Waals surface area (Å²) in [5.74, 6) is -1.95. The number of nitrogen functional groups attached to an aromatic ring is 1. The summed E-state index contributed by atoms with van der Waals surface area (Å²) >= 11 is 0.